The number of ether oxygens (including phenoxy) is 2. The number of hydrogen-bond donors (Lipinski definition) is 5. The maximum Gasteiger partial charge on any atom is 0.573 e. The molecular weight excluding hydrogens is 539 g/mol. The lowest BCUT2D eigenvalue weighted by Crippen LogP contribution is -2.44. The van der Waals surface area contributed by atoms with Crippen LogP contribution in [0, 0.1) is 0 Å². The van der Waals surface area contributed by atoms with Gasteiger partial charge in [0.1, 0.15) is 11.5 Å². The van der Waals surface area contributed by atoms with E-state index in [1.54, 1.807) is 18.2 Å². The molecule has 0 unspecified atom stereocenters. The van der Waals surface area contributed by atoms with Crippen molar-refractivity contribution in [2.75, 3.05) is 37.4 Å². The van der Waals surface area contributed by atoms with E-state index >= 15 is 0 Å². The van der Waals surface area contributed by atoms with Crippen molar-refractivity contribution in [3.05, 3.63) is 47.5 Å². The molecule has 6 amide bonds. The van der Waals surface area contributed by atoms with Crippen LogP contribution in [0.2, 0.25) is 0 Å². The fraction of sp³-hybridized carbons (Fsp3) is 0.333. The highest BCUT2D eigenvalue weighted by Gasteiger charge is 2.31. The molecule has 1 aliphatic rings. The smallest absolute Gasteiger partial charge is 0.495 e. The Balaban J connectivity index is 1.54. The second kappa shape index (κ2) is 12.4. The van der Waals surface area contributed by atoms with E-state index in [4.69, 9.17) is 21.9 Å². The van der Waals surface area contributed by atoms with Gasteiger partial charge in [-0.05, 0) is 42.3 Å². The highest BCUT2D eigenvalue weighted by atomic mass is 19.4. The Morgan fingerprint density at radius 3 is 2.42 bits per heavy atom. The number of imide groups is 1. The topological polar surface area (TPSA) is 195 Å². The molecule has 0 spiro atoms. The number of carbonyl (C=O) groups excluding carboxylic acids is 4. The number of nitrogens with zero attached hydrogens (tertiary/aromatic N) is 2. The number of nitrogens with two attached hydrogens (primary N) is 3. The number of urea groups is 2. The Morgan fingerprint density at radius 2 is 1.80 bits per heavy atom. The lowest BCUT2D eigenvalue weighted by Gasteiger charge is -2.21. The first-order chi connectivity index (χ1) is 18.8. The maximum absolute atomic E-state index is 12.5. The van der Waals surface area contributed by atoms with Crippen molar-refractivity contribution >= 4 is 35.3 Å². The molecule has 0 bridgehead atoms. The number of primary amides is 2. The lowest BCUT2D eigenvalue weighted by molar-refractivity contribution is -0.274. The molecule has 2 aromatic carbocycles. The molecular formula is C24H28F3N7O6. The van der Waals surface area contributed by atoms with Crippen LogP contribution in [-0.2, 0) is 11.3 Å². The standard InChI is InChI=1S/C24H28F3N7O6/c1-39-19-5-2-13(8-18(19)34(22(29)37)23(30)38)11-33-7-6-14(12-33)32-20(35)10-31-21(36)16-9-15(3-4-17(16)28)40-24(25,26)27/h2-5,8-9,14H,6-7,10-12,28H2,1H3,(H2,29,37)(H2,30,38)(H,31,36)(H,32,35)/t14-/m1/s1. The molecule has 1 aliphatic heterocycles. The molecule has 1 heterocycles. The predicted octanol–water partition coefficient (Wildman–Crippen LogP) is 1.26. The summed E-state index contributed by atoms with van der Waals surface area (Å²) < 4.78 is 46.4. The maximum atomic E-state index is 12.5. The van der Waals surface area contributed by atoms with Gasteiger partial charge in [0.25, 0.3) is 5.91 Å². The summed E-state index contributed by atoms with van der Waals surface area (Å²) in [5, 5.41) is 5.11. The van der Waals surface area contributed by atoms with Crippen LogP contribution in [0.25, 0.3) is 0 Å². The molecule has 0 aromatic heterocycles. The van der Waals surface area contributed by atoms with E-state index in [9.17, 15) is 32.3 Å². The van der Waals surface area contributed by atoms with Gasteiger partial charge in [-0.3, -0.25) is 14.5 Å². The van der Waals surface area contributed by atoms with E-state index in [0.717, 1.165) is 23.8 Å². The minimum Gasteiger partial charge on any atom is -0.495 e. The van der Waals surface area contributed by atoms with E-state index in [1.807, 2.05) is 4.90 Å². The van der Waals surface area contributed by atoms with E-state index in [2.05, 4.69) is 15.4 Å². The van der Waals surface area contributed by atoms with E-state index in [-0.39, 0.29) is 28.7 Å². The third-order valence-electron chi connectivity index (χ3n) is 5.88. The zero-order chi connectivity index (χ0) is 29.6. The van der Waals surface area contributed by atoms with Crippen molar-refractivity contribution in [2.45, 2.75) is 25.4 Å². The summed E-state index contributed by atoms with van der Waals surface area (Å²) in [6.07, 6.45) is -4.34. The Morgan fingerprint density at radius 1 is 1.10 bits per heavy atom. The summed E-state index contributed by atoms with van der Waals surface area (Å²) in [6.45, 7) is 1.04. The van der Waals surface area contributed by atoms with Gasteiger partial charge < -0.3 is 37.3 Å². The summed E-state index contributed by atoms with van der Waals surface area (Å²) in [5.41, 5.74) is 16.7. The van der Waals surface area contributed by atoms with Gasteiger partial charge in [-0.1, -0.05) is 6.07 Å². The summed E-state index contributed by atoms with van der Waals surface area (Å²) in [7, 11) is 1.36. The number of halogens is 3. The van der Waals surface area contributed by atoms with Crippen molar-refractivity contribution in [2.24, 2.45) is 11.5 Å². The number of rotatable bonds is 9. The van der Waals surface area contributed by atoms with Gasteiger partial charge in [0, 0.05) is 31.4 Å². The highest BCUT2D eigenvalue weighted by Crippen LogP contribution is 2.30. The Bertz CT molecular complexity index is 1280. The Kier molecular flexibility index (Phi) is 9.26. The molecule has 8 N–H and O–H groups in total. The molecule has 1 atom stereocenters. The van der Waals surface area contributed by atoms with Crippen LogP contribution in [0.15, 0.2) is 36.4 Å². The number of carbonyl (C=O) groups is 4. The molecule has 216 valence electrons. The number of hydrogen-bond acceptors (Lipinski definition) is 8. The number of amides is 6. The second-order valence-electron chi connectivity index (χ2n) is 8.79. The minimum atomic E-state index is -4.94. The monoisotopic (exact) mass is 567 g/mol. The van der Waals surface area contributed by atoms with Gasteiger partial charge in [-0.2, -0.15) is 0 Å². The van der Waals surface area contributed by atoms with Crippen LogP contribution in [0.3, 0.4) is 0 Å². The summed E-state index contributed by atoms with van der Waals surface area (Å²) in [6, 6.07) is 5.38. The molecule has 0 radical (unpaired) electrons. The molecule has 40 heavy (non-hydrogen) atoms. The number of nitrogens with one attached hydrogen (secondary N) is 2. The third-order valence-corrected chi connectivity index (χ3v) is 5.88. The van der Waals surface area contributed by atoms with Crippen LogP contribution in [0.1, 0.15) is 22.3 Å². The van der Waals surface area contributed by atoms with Gasteiger partial charge in [-0.25, -0.2) is 14.5 Å². The lowest BCUT2D eigenvalue weighted by atomic mass is 10.1. The van der Waals surface area contributed by atoms with Gasteiger partial charge in [-0.15, -0.1) is 13.2 Å². The van der Waals surface area contributed by atoms with Crippen molar-refractivity contribution < 1.29 is 41.8 Å². The van der Waals surface area contributed by atoms with Crippen LogP contribution in [-0.4, -0.2) is 67.9 Å². The number of methoxy groups -OCH3 is 1. The van der Waals surface area contributed by atoms with Gasteiger partial charge in [0.2, 0.25) is 5.91 Å². The number of likely N-dealkylation sites (tertiary alicyclic amines) is 1. The molecule has 3 rings (SSSR count). The van der Waals surface area contributed by atoms with E-state index in [0.29, 0.717) is 31.0 Å². The zero-order valence-corrected chi connectivity index (χ0v) is 21.3. The number of nitrogen functional groups attached to an aromatic ring is 1. The van der Waals surface area contributed by atoms with Crippen LogP contribution in [0.5, 0.6) is 11.5 Å². The van der Waals surface area contributed by atoms with Gasteiger partial charge in [0.05, 0.1) is 24.9 Å². The average molecular weight is 568 g/mol. The van der Waals surface area contributed by atoms with Gasteiger partial charge >= 0.3 is 18.4 Å². The molecule has 2 aromatic rings. The Hall–Kier alpha value is -4.73. The molecule has 13 nitrogen and oxygen atoms in total. The average Bonchev–Trinajstić information content (AvgIpc) is 3.29. The zero-order valence-electron chi connectivity index (χ0n) is 21.3. The van der Waals surface area contributed by atoms with Crippen LogP contribution in [0.4, 0.5) is 34.1 Å². The fourth-order valence-electron chi connectivity index (χ4n) is 4.17. The summed E-state index contributed by atoms with van der Waals surface area (Å²) >= 11 is 0. The molecule has 16 heteroatoms. The predicted molar refractivity (Wildman–Crippen MR) is 136 cm³/mol. The van der Waals surface area contributed by atoms with Crippen molar-refractivity contribution in [1.29, 1.82) is 0 Å². The largest absolute Gasteiger partial charge is 0.573 e. The van der Waals surface area contributed by atoms with E-state index < -0.39 is 42.5 Å². The SMILES string of the molecule is COc1ccc(CN2CC[C@@H](NC(=O)CNC(=O)c3cc(OC(F)(F)F)ccc3N)C2)cc1N(C(N)=O)C(N)=O. The summed E-state index contributed by atoms with van der Waals surface area (Å²) in [4.78, 5) is 50.9. The van der Waals surface area contributed by atoms with Crippen LogP contribution >= 0.6 is 0 Å². The van der Waals surface area contributed by atoms with Crippen LogP contribution < -0.4 is 42.2 Å². The molecule has 0 saturated carbocycles. The summed E-state index contributed by atoms with van der Waals surface area (Å²) in [5.74, 6) is -1.75. The number of benzene rings is 2. The van der Waals surface area contributed by atoms with Crippen molar-refractivity contribution in [1.82, 2.24) is 15.5 Å². The quantitative estimate of drug-likeness (QED) is 0.279. The first-order valence-electron chi connectivity index (χ1n) is 11.8. The number of anilines is 2. The molecule has 1 saturated heterocycles. The third kappa shape index (κ3) is 7.89. The normalized spacial score (nSPS) is 15.2. The first-order valence-corrected chi connectivity index (χ1v) is 11.8. The second-order valence-corrected chi connectivity index (χ2v) is 8.79. The van der Waals surface area contributed by atoms with Crippen molar-refractivity contribution in [3.8, 4) is 11.5 Å². The van der Waals surface area contributed by atoms with Gasteiger partial charge in [0.15, 0.2) is 0 Å². The molecule has 0 aliphatic carbocycles. The molecule has 1 fully saturated rings. The van der Waals surface area contributed by atoms with Crippen molar-refractivity contribution in [3.63, 3.8) is 0 Å². The minimum absolute atomic E-state index is 0.0877. The first kappa shape index (κ1) is 29.8. The van der Waals surface area contributed by atoms with E-state index in [1.165, 1.54) is 7.11 Å². The number of alkyl halides is 3. The fourth-order valence-corrected chi connectivity index (χ4v) is 4.17. The Labute approximate surface area is 226 Å². The highest BCUT2D eigenvalue weighted by molar-refractivity contribution is 6.13.